The minimum Gasteiger partial charge on any atom is -0.294 e. The van der Waals surface area contributed by atoms with Gasteiger partial charge in [0, 0.05) is 11.5 Å². The number of nitrogens with one attached hydrogen (secondary N) is 1. The molecule has 2 atom stereocenters. The molecular formula is C46H32N2O4. The van der Waals surface area contributed by atoms with E-state index in [1.54, 1.807) is 6.07 Å². The Labute approximate surface area is 300 Å². The number of imide groups is 2. The van der Waals surface area contributed by atoms with Crippen molar-refractivity contribution in [2.75, 3.05) is 0 Å². The molecule has 4 bridgehead atoms. The molecule has 6 nitrogen and oxygen atoms in total. The number of amides is 4. The molecule has 1 saturated heterocycles. The first kappa shape index (κ1) is 30.4. The topological polar surface area (TPSA) is 83.6 Å². The van der Waals surface area contributed by atoms with Crippen molar-refractivity contribution in [1.29, 1.82) is 0 Å². The van der Waals surface area contributed by atoms with Gasteiger partial charge >= 0.3 is 0 Å². The van der Waals surface area contributed by atoms with Crippen molar-refractivity contribution in [3.63, 3.8) is 0 Å². The quantitative estimate of drug-likeness (QED) is 0.159. The monoisotopic (exact) mass is 676 g/mol. The highest BCUT2D eigenvalue weighted by Crippen LogP contribution is 2.68. The van der Waals surface area contributed by atoms with E-state index in [0.717, 1.165) is 27.5 Å². The summed E-state index contributed by atoms with van der Waals surface area (Å²) in [5.74, 6) is -2.25. The van der Waals surface area contributed by atoms with E-state index < -0.39 is 45.8 Å². The number of nitrogens with zero attached hydrogens (tertiary/aromatic N) is 1. The molecule has 6 heteroatoms. The predicted molar refractivity (Wildman–Crippen MR) is 198 cm³/mol. The lowest BCUT2D eigenvalue weighted by Gasteiger charge is -2.58. The van der Waals surface area contributed by atoms with Gasteiger partial charge in [0.25, 0.3) is 5.91 Å². The zero-order chi connectivity index (χ0) is 35.4. The van der Waals surface area contributed by atoms with Crippen molar-refractivity contribution in [1.82, 2.24) is 10.2 Å². The summed E-state index contributed by atoms with van der Waals surface area (Å²) in [4.78, 5) is 62.4. The SMILES string of the molecule is Cc1ccccc1CN(C(=O)c1cccc2ccccc12)C(=O)C12c3ccccc3C3(C(=O)NC(=O)[C@]34C=CC1c1ccccc14)c1ccccc12. The van der Waals surface area contributed by atoms with Gasteiger partial charge in [0.2, 0.25) is 17.7 Å². The summed E-state index contributed by atoms with van der Waals surface area (Å²) in [6.07, 6.45) is 3.82. The van der Waals surface area contributed by atoms with Crippen LogP contribution >= 0.6 is 0 Å². The van der Waals surface area contributed by atoms with Crippen LogP contribution in [0, 0.1) is 6.92 Å². The van der Waals surface area contributed by atoms with Crippen LogP contribution in [0.3, 0.4) is 0 Å². The molecular weight excluding hydrogens is 645 g/mol. The zero-order valence-corrected chi connectivity index (χ0v) is 28.3. The van der Waals surface area contributed by atoms with Crippen LogP contribution < -0.4 is 5.32 Å². The van der Waals surface area contributed by atoms with Gasteiger partial charge in [-0.3, -0.25) is 29.4 Å². The highest BCUT2D eigenvalue weighted by molar-refractivity contribution is 6.22. The van der Waals surface area contributed by atoms with Crippen molar-refractivity contribution in [2.24, 2.45) is 0 Å². The Balaban J connectivity index is 1.33. The first-order valence-corrected chi connectivity index (χ1v) is 17.6. The van der Waals surface area contributed by atoms with Gasteiger partial charge in [-0.2, -0.15) is 0 Å². The third kappa shape index (κ3) is 3.44. The minimum atomic E-state index is -1.50. The molecule has 2 spiro atoms. The van der Waals surface area contributed by atoms with Crippen molar-refractivity contribution in [2.45, 2.75) is 35.6 Å². The molecule has 0 aromatic heterocycles. The Morgan fingerprint density at radius 3 is 1.98 bits per heavy atom. The number of fused-ring (bicyclic) bond motifs is 1. The number of benzene rings is 6. The molecule has 52 heavy (non-hydrogen) atoms. The molecule has 1 fully saturated rings. The van der Waals surface area contributed by atoms with Gasteiger partial charge < -0.3 is 0 Å². The van der Waals surface area contributed by atoms with Gasteiger partial charge in [0.1, 0.15) is 16.2 Å². The Kier molecular flexibility index (Phi) is 6.18. The normalized spacial score (nSPS) is 24.3. The summed E-state index contributed by atoms with van der Waals surface area (Å²) < 4.78 is 0. The molecule has 1 heterocycles. The number of carbonyl (C=O) groups excluding carboxylic acids is 4. The van der Waals surface area contributed by atoms with Gasteiger partial charge in [0.05, 0.1) is 6.54 Å². The van der Waals surface area contributed by atoms with Crippen LogP contribution in [0.2, 0.25) is 0 Å². The molecule has 6 aromatic rings. The third-order valence-corrected chi connectivity index (χ3v) is 12.2. The second-order valence-electron chi connectivity index (χ2n) is 14.3. The number of rotatable bonds is 4. The zero-order valence-electron chi connectivity index (χ0n) is 28.3. The summed E-state index contributed by atoms with van der Waals surface area (Å²) >= 11 is 0. The molecule has 0 saturated carbocycles. The van der Waals surface area contributed by atoms with Crippen molar-refractivity contribution in [3.05, 3.63) is 202 Å². The van der Waals surface area contributed by atoms with E-state index in [1.165, 1.54) is 4.90 Å². The molecule has 1 N–H and O–H groups in total. The van der Waals surface area contributed by atoms with Crippen LogP contribution in [-0.4, -0.2) is 28.5 Å². The largest absolute Gasteiger partial charge is 0.294 e. The van der Waals surface area contributed by atoms with Crippen LogP contribution in [0.15, 0.2) is 152 Å². The maximum Gasteiger partial charge on any atom is 0.261 e. The summed E-state index contributed by atoms with van der Waals surface area (Å²) in [6.45, 7) is 2.02. The molecule has 11 rings (SSSR count). The van der Waals surface area contributed by atoms with Gasteiger partial charge in [-0.15, -0.1) is 0 Å². The van der Waals surface area contributed by atoms with E-state index in [0.29, 0.717) is 33.4 Å². The fraction of sp³-hybridized carbons (Fsp3) is 0.130. The van der Waals surface area contributed by atoms with E-state index in [1.807, 2.05) is 153 Å². The molecule has 0 radical (unpaired) electrons. The number of hydrogen-bond acceptors (Lipinski definition) is 4. The molecule has 4 amide bonds. The Hall–Kier alpha value is -6.40. The maximum atomic E-state index is 16.5. The van der Waals surface area contributed by atoms with Gasteiger partial charge in [0.15, 0.2) is 0 Å². The molecule has 6 aromatic carbocycles. The lowest BCUT2D eigenvalue weighted by atomic mass is 9.41. The molecule has 250 valence electrons. The van der Waals surface area contributed by atoms with E-state index >= 15 is 9.59 Å². The number of allylic oxidation sites excluding steroid dienone is 1. The Bertz CT molecular complexity index is 2570. The first-order chi connectivity index (χ1) is 25.4. The molecule has 1 aliphatic heterocycles. The smallest absolute Gasteiger partial charge is 0.261 e. The minimum absolute atomic E-state index is 0.0335. The van der Waals surface area contributed by atoms with E-state index in [4.69, 9.17) is 0 Å². The predicted octanol–water partition coefficient (Wildman–Crippen LogP) is 7.16. The standard InChI is InChI=1S/C46H32N2O4/c1-28-13-2-3-15-30(28)27-48(40(49)32-19-12-16-29-14-4-5-17-31(29)32)43(52)45-35-25-26-44(34-20-7-6-18-33(34)35)41(50)47-42(51)46(44,38-23-10-8-21-36(38)45)39-24-11-9-22-37(39)45/h2-26,35H,27H2,1H3,(H,47,50,51)/t35?,44-,45?,46?/m1/s1. The van der Waals surface area contributed by atoms with Crippen molar-refractivity contribution >= 4 is 34.4 Å². The van der Waals surface area contributed by atoms with Crippen LogP contribution in [0.4, 0.5) is 0 Å². The summed E-state index contributed by atoms with van der Waals surface area (Å²) in [5, 5.41) is 4.40. The van der Waals surface area contributed by atoms with Gasteiger partial charge in [-0.25, -0.2) is 0 Å². The summed E-state index contributed by atoms with van der Waals surface area (Å²) in [7, 11) is 0. The van der Waals surface area contributed by atoms with Crippen LogP contribution in [-0.2, 0) is 37.2 Å². The highest BCUT2D eigenvalue weighted by Gasteiger charge is 2.76. The fourth-order valence-corrected chi connectivity index (χ4v) is 10.0. The lowest BCUT2D eigenvalue weighted by molar-refractivity contribution is -0.135. The van der Waals surface area contributed by atoms with Crippen molar-refractivity contribution < 1.29 is 19.2 Å². The first-order valence-electron chi connectivity index (χ1n) is 17.6. The van der Waals surface area contributed by atoms with E-state index in [9.17, 15) is 9.59 Å². The summed E-state index contributed by atoms with van der Waals surface area (Å²) in [5.41, 5.74) is 1.77. The number of carbonyl (C=O) groups is 4. The van der Waals surface area contributed by atoms with Crippen LogP contribution in [0.1, 0.15) is 60.8 Å². The molecule has 1 unspecified atom stereocenters. The fourth-order valence-electron chi connectivity index (χ4n) is 10.0. The second kappa shape index (κ2) is 10.6. The number of aryl methyl sites for hydroxylation is 1. The molecule has 5 aliphatic rings. The third-order valence-electron chi connectivity index (χ3n) is 12.2. The molecule has 4 aliphatic carbocycles. The average Bonchev–Trinajstić information content (AvgIpc) is 3.38. The maximum absolute atomic E-state index is 16.5. The van der Waals surface area contributed by atoms with Crippen LogP contribution in [0.5, 0.6) is 0 Å². The lowest BCUT2D eigenvalue weighted by Crippen LogP contribution is -2.64. The summed E-state index contributed by atoms with van der Waals surface area (Å²) in [6, 6.07) is 43.9. The average molecular weight is 677 g/mol. The second-order valence-corrected chi connectivity index (χ2v) is 14.3. The van der Waals surface area contributed by atoms with E-state index in [2.05, 4.69) is 5.32 Å². The van der Waals surface area contributed by atoms with Crippen LogP contribution in [0.25, 0.3) is 10.8 Å². The van der Waals surface area contributed by atoms with Gasteiger partial charge in [-0.05, 0) is 68.3 Å². The Morgan fingerprint density at radius 1 is 0.654 bits per heavy atom. The van der Waals surface area contributed by atoms with E-state index in [-0.39, 0.29) is 6.54 Å². The Morgan fingerprint density at radius 2 is 1.25 bits per heavy atom. The number of hydrogen-bond donors (Lipinski definition) is 1. The highest BCUT2D eigenvalue weighted by atomic mass is 16.2. The van der Waals surface area contributed by atoms with Gasteiger partial charge in [-0.1, -0.05) is 146 Å². The van der Waals surface area contributed by atoms with Crippen molar-refractivity contribution in [3.8, 4) is 0 Å².